The van der Waals surface area contributed by atoms with Crippen LogP contribution in [0.15, 0.2) is 54.6 Å². The third kappa shape index (κ3) is 2.91. The molecule has 0 saturated carbocycles. The molecule has 1 atom stereocenters. The van der Waals surface area contributed by atoms with E-state index in [1.165, 1.54) is 16.7 Å². The van der Waals surface area contributed by atoms with E-state index in [4.69, 9.17) is 0 Å². The number of hydrogen-bond donors (Lipinski definition) is 0. The van der Waals surface area contributed by atoms with Crippen molar-refractivity contribution in [1.82, 2.24) is 0 Å². The summed E-state index contributed by atoms with van der Waals surface area (Å²) in [7, 11) is 0. The second kappa shape index (κ2) is 6.39. The summed E-state index contributed by atoms with van der Waals surface area (Å²) < 4.78 is 0. The molecule has 2 rings (SSSR count). The molecule has 0 amide bonds. The van der Waals surface area contributed by atoms with Crippen molar-refractivity contribution in [3.8, 4) is 6.07 Å². The second-order valence-corrected chi connectivity index (χ2v) is 5.42. The van der Waals surface area contributed by atoms with Gasteiger partial charge in [-0.2, -0.15) is 5.26 Å². The molecule has 0 aromatic heterocycles. The molecule has 0 aliphatic carbocycles. The fourth-order valence-corrected chi connectivity index (χ4v) is 2.95. The topological polar surface area (TPSA) is 23.8 Å². The SMILES string of the molecule is CCCC(C#N)(Cc1ccccc1)c1ccccc1C. The second-order valence-electron chi connectivity index (χ2n) is 5.42. The molecule has 0 spiro atoms. The van der Waals surface area contributed by atoms with Crippen LogP contribution in [0.1, 0.15) is 36.5 Å². The van der Waals surface area contributed by atoms with E-state index < -0.39 is 5.41 Å². The summed E-state index contributed by atoms with van der Waals surface area (Å²) >= 11 is 0. The Hall–Kier alpha value is -2.07. The minimum atomic E-state index is -0.415. The highest BCUT2D eigenvalue weighted by molar-refractivity contribution is 5.40. The maximum atomic E-state index is 9.90. The summed E-state index contributed by atoms with van der Waals surface area (Å²) in [6.07, 6.45) is 2.68. The van der Waals surface area contributed by atoms with E-state index in [1.807, 2.05) is 30.3 Å². The number of rotatable bonds is 5. The van der Waals surface area contributed by atoms with Crippen molar-refractivity contribution in [3.63, 3.8) is 0 Å². The predicted molar refractivity (Wildman–Crippen MR) is 83.5 cm³/mol. The Morgan fingerprint density at radius 3 is 2.25 bits per heavy atom. The van der Waals surface area contributed by atoms with Crippen LogP contribution in [-0.4, -0.2) is 0 Å². The average Bonchev–Trinajstić information content (AvgIpc) is 2.48. The highest BCUT2D eigenvalue weighted by Crippen LogP contribution is 2.34. The van der Waals surface area contributed by atoms with Gasteiger partial charge in [0.15, 0.2) is 0 Å². The van der Waals surface area contributed by atoms with Crippen LogP contribution in [0.4, 0.5) is 0 Å². The molecular formula is C19H21N. The van der Waals surface area contributed by atoms with Crippen molar-refractivity contribution >= 4 is 0 Å². The highest BCUT2D eigenvalue weighted by Gasteiger charge is 2.32. The van der Waals surface area contributed by atoms with Crippen LogP contribution in [0, 0.1) is 18.3 Å². The maximum absolute atomic E-state index is 9.90. The molecule has 0 aliphatic rings. The van der Waals surface area contributed by atoms with Gasteiger partial charge in [-0.25, -0.2) is 0 Å². The molecule has 0 N–H and O–H groups in total. The Bertz CT molecular complexity index is 595. The number of nitriles is 1. The van der Waals surface area contributed by atoms with Crippen LogP contribution in [0.5, 0.6) is 0 Å². The van der Waals surface area contributed by atoms with E-state index in [1.54, 1.807) is 0 Å². The molecule has 102 valence electrons. The quantitative estimate of drug-likeness (QED) is 0.760. The number of hydrogen-bond acceptors (Lipinski definition) is 1. The summed E-state index contributed by atoms with van der Waals surface area (Å²) in [5.41, 5.74) is 3.19. The molecule has 1 unspecified atom stereocenters. The van der Waals surface area contributed by atoms with Crippen molar-refractivity contribution in [2.24, 2.45) is 0 Å². The molecule has 20 heavy (non-hydrogen) atoms. The first-order valence-electron chi connectivity index (χ1n) is 7.23. The van der Waals surface area contributed by atoms with Crippen molar-refractivity contribution in [2.45, 2.75) is 38.5 Å². The van der Waals surface area contributed by atoms with Gasteiger partial charge in [0.05, 0.1) is 11.5 Å². The maximum Gasteiger partial charge on any atom is 0.0865 e. The van der Waals surface area contributed by atoms with Crippen LogP contribution in [0.25, 0.3) is 0 Å². The van der Waals surface area contributed by atoms with Crippen molar-refractivity contribution in [2.75, 3.05) is 0 Å². The van der Waals surface area contributed by atoms with Crippen LogP contribution >= 0.6 is 0 Å². The fourth-order valence-electron chi connectivity index (χ4n) is 2.95. The van der Waals surface area contributed by atoms with Gasteiger partial charge in [0.25, 0.3) is 0 Å². The lowest BCUT2D eigenvalue weighted by Gasteiger charge is -2.28. The zero-order chi connectivity index (χ0) is 14.4. The Morgan fingerprint density at radius 2 is 1.65 bits per heavy atom. The van der Waals surface area contributed by atoms with Crippen molar-refractivity contribution < 1.29 is 0 Å². The minimum absolute atomic E-state index is 0.415. The standard InChI is InChI=1S/C19H21N/c1-3-13-19(15-20,14-17-10-5-4-6-11-17)18-12-8-7-9-16(18)2/h4-12H,3,13-14H2,1-2H3. The van der Waals surface area contributed by atoms with Crippen LogP contribution in [-0.2, 0) is 11.8 Å². The van der Waals surface area contributed by atoms with E-state index in [-0.39, 0.29) is 0 Å². The monoisotopic (exact) mass is 263 g/mol. The number of benzene rings is 2. The van der Waals surface area contributed by atoms with Gasteiger partial charge in [-0.1, -0.05) is 67.9 Å². The first-order valence-corrected chi connectivity index (χ1v) is 7.23. The Morgan fingerprint density at radius 1 is 1.00 bits per heavy atom. The van der Waals surface area contributed by atoms with E-state index >= 15 is 0 Å². The van der Waals surface area contributed by atoms with Gasteiger partial charge < -0.3 is 0 Å². The third-order valence-corrected chi connectivity index (χ3v) is 3.90. The molecule has 1 nitrogen and oxygen atoms in total. The smallest absolute Gasteiger partial charge is 0.0865 e. The normalized spacial score (nSPS) is 13.4. The molecular weight excluding hydrogens is 242 g/mol. The molecule has 1 heteroatoms. The van der Waals surface area contributed by atoms with E-state index in [2.05, 4.69) is 44.2 Å². The molecule has 0 bridgehead atoms. The molecule has 0 saturated heterocycles. The summed E-state index contributed by atoms with van der Waals surface area (Å²) in [5, 5.41) is 9.90. The van der Waals surface area contributed by atoms with Crippen molar-refractivity contribution in [3.05, 3.63) is 71.3 Å². The molecule has 2 aromatic carbocycles. The fraction of sp³-hybridized carbons (Fsp3) is 0.316. The summed E-state index contributed by atoms with van der Waals surface area (Å²) in [6.45, 7) is 4.25. The molecule has 0 aliphatic heterocycles. The first-order chi connectivity index (χ1) is 9.72. The summed E-state index contributed by atoms with van der Waals surface area (Å²) in [4.78, 5) is 0. The highest BCUT2D eigenvalue weighted by atomic mass is 14.4. The largest absolute Gasteiger partial charge is 0.197 e. The van der Waals surface area contributed by atoms with Gasteiger partial charge in [0.1, 0.15) is 0 Å². The van der Waals surface area contributed by atoms with Gasteiger partial charge in [-0.3, -0.25) is 0 Å². The van der Waals surface area contributed by atoms with Gasteiger partial charge in [-0.15, -0.1) is 0 Å². The minimum Gasteiger partial charge on any atom is -0.197 e. The third-order valence-electron chi connectivity index (χ3n) is 3.90. The van der Waals surface area contributed by atoms with Gasteiger partial charge >= 0.3 is 0 Å². The van der Waals surface area contributed by atoms with Crippen LogP contribution in [0.2, 0.25) is 0 Å². The van der Waals surface area contributed by atoms with Gasteiger partial charge in [-0.05, 0) is 36.5 Å². The average molecular weight is 263 g/mol. The van der Waals surface area contributed by atoms with Crippen LogP contribution in [0.3, 0.4) is 0 Å². The summed E-state index contributed by atoms with van der Waals surface area (Å²) in [5.74, 6) is 0. The Balaban J connectivity index is 2.46. The van der Waals surface area contributed by atoms with E-state index in [0.29, 0.717) is 0 Å². The molecule has 2 aromatic rings. The van der Waals surface area contributed by atoms with E-state index in [9.17, 15) is 5.26 Å². The predicted octanol–water partition coefficient (Wildman–Crippen LogP) is 4.80. The van der Waals surface area contributed by atoms with Crippen molar-refractivity contribution in [1.29, 1.82) is 5.26 Å². The summed E-state index contributed by atoms with van der Waals surface area (Å²) in [6, 6.07) is 21.2. The van der Waals surface area contributed by atoms with Gasteiger partial charge in [0.2, 0.25) is 0 Å². The lowest BCUT2D eigenvalue weighted by molar-refractivity contribution is 0.490. The molecule has 0 radical (unpaired) electrons. The number of aryl methyl sites for hydroxylation is 1. The zero-order valence-corrected chi connectivity index (χ0v) is 12.3. The number of nitrogens with zero attached hydrogens (tertiary/aromatic N) is 1. The Kier molecular flexibility index (Phi) is 4.58. The molecule has 0 heterocycles. The van der Waals surface area contributed by atoms with Crippen LogP contribution < -0.4 is 0 Å². The zero-order valence-electron chi connectivity index (χ0n) is 12.3. The van der Waals surface area contributed by atoms with E-state index in [0.717, 1.165) is 19.3 Å². The molecule has 0 fully saturated rings. The van der Waals surface area contributed by atoms with Gasteiger partial charge in [0, 0.05) is 0 Å². The lowest BCUT2D eigenvalue weighted by Crippen LogP contribution is -2.28. The Labute approximate surface area is 121 Å². The lowest BCUT2D eigenvalue weighted by atomic mass is 9.72. The first kappa shape index (κ1) is 14.3.